The largest absolute Gasteiger partial charge is 0.477 e. The van der Waals surface area contributed by atoms with Gasteiger partial charge in [0.25, 0.3) is 0 Å². The topological polar surface area (TPSA) is 117 Å². The minimum atomic E-state index is -3.27. The van der Waals surface area contributed by atoms with Crippen molar-refractivity contribution in [3.05, 3.63) is 48.5 Å². The Morgan fingerprint density at radius 3 is 2.73 bits per heavy atom. The Kier molecular flexibility index (Phi) is 3.67. The zero-order valence-corrected chi connectivity index (χ0v) is 15.0. The number of aromatic carboxylic acids is 1. The molecule has 0 spiro atoms. The Morgan fingerprint density at radius 2 is 2.04 bits per heavy atom. The molecule has 0 saturated carbocycles. The molecule has 4 heterocycles. The Morgan fingerprint density at radius 1 is 1.23 bits per heavy atom. The monoisotopic (exact) mass is 388 g/mol. The number of hydrogen-bond donors (Lipinski definition) is 2. The molecule has 2 N–H and O–H groups in total. The summed E-state index contributed by atoms with van der Waals surface area (Å²) in [6.07, 6.45) is 6.04. The van der Waals surface area contributed by atoms with Crippen molar-refractivity contribution in [2.75, 3.05) is 6.26 Å². The molecule has 8 nitrogen and oxygen atoms in total. The number of thiophene rings is 1. The zero-order valence-electron chi connectivity index (χ0n) is 13.4. The zero-order chi connectivity index (χ0) is 18.5. The highest BCUT2D eigenvalue weighted by molar-refractivity contribution is 7.92. The third-order valence-electron chi connectivity index (χ3n) is 3.87. The lowest BCUT2D eigenvalue weighted by atomic mass is 10.1. The molecule has 4 aromatic rings. The van der Waals surface area contributed by atoms with Crippen molar-refractivity contribution in [1.29, 1.82) is 0 Å². The van der Waals surface area contributed by atoms with Crippen LogP contribution in [0.1, 0.15) is 10.5 Å². The van der Waals surface area contributed by atoms with Crippen molar-refractivity contribution >= 4 is 32.8 Å². The van der Waals surface area contributed by atoms with Gasteiger partial charge in [-0.15, -0.1) is 11.3 Å². The van der Waals surface area contributed by atoms with Crippen LogP contribution in [-0.4, -0.2) is 45.3 Å². The summed E-state index contributed by atoms with van der Waals surface area (Å²) in [5.41, 5.74) is 2.51. The summed E-state index contributed by atoms with van der Waals surface area (Å²) < 4.78 is 25.5. The van der Waals surface area contributed by atoms with Crippen LogP contribution in [0.15, 0.2) is 47.1 Å². The standard InChI is InChI=1S/C16H12N4O4S2/c1-26(23,24)14-5-3-12(25-14)11-7-17-13-4-2-9(8-20(11)13)10-6-18-19-15(10)16(21)22/h2-8H,1H3,(H,18,19)(H,21,22). The number of pyridine rings is 1. The second-order valence-electron chi connectivity index (χ2n) is 5.64. The summed E-state index contributed by atoms with van der Waals surface area (Å²) in [6, 6.07) is 6.83. The Labute approximate surface area is 151 Å². The lowest BCUT2D eigenvalue weighted by Crippen LogP contribution is -1.99. The fourth-order valence-corrected chi connectivity index (χ4v) is 4.58. The molecule has 132 valence electrons. The number of H-pyrrole nitrogens is 1. The van der Waals surface area contributed by atoms with Crippen LogP contribution in [0.2, 0.25) is 0 Å². The summed E-state index contributed by atoms with van der Waals surface area (Å²) in [7, 11) is -3.27. The second-order valence-corrected chi connectivity index (χ2v) is 8.97. The summed E-state index contributed by atoms with van der Waals surface area (Å²) >= 11 is 1.16. The number of sulfone groups is 1. The molecular formula is C16H12N4O4S2. The minimum Gasteiger partial charge on any atom is -0.477 e. The van der Waals surface area contributed by atoms with Gasteiger partial charge in [0, 0.05) is 23.6 Å². The number of imidazole rings is 1. The molecule has 0 aliphatic heterocycles. The van der Waals surface area contributed by atoms with Crippen LogP contribution < -0.4 is 0 Å². The highest BCUT2D eigenvalue weighted by Gasteiger charge is 2.17. The normalized spacial score (nSPS) is 11.9. The molecule has 4 aromatic heterocycles. The summed E-state index contributed by atoms with van der Waals surface area (Å²) in [4.78, 5) is 16.4. The van der Waals surface area contributed by atoms with Crippen LogP contribution in [0, 0.1) is 0 Å². The number of carbonyl (C=O) groups is 1. The summed E-state index contributed by atoms with van der Waals surface area (Å²) in [5.74, 6) is -1.10. The number of aromatic amines is 1. The van der Waals surface area contributed by atoms with E-state index in [0.29, 0.717) is 16.8 Å². The molecule has 4 rings (SSSR count). The highest BCUT2D eigenvalue weighted by Crippen LogP contribution is 2.32. The van der Waals surface area contributed by atoms with Gasteiger partial charge in [0.2, 0.25) is 0 Å². The molecule has 0 aromatic carbocycles. The van der Waals surface area contributed by atoms with Crippen molar-refractivity contribution in [3.63, 3.8) is 0 Å². The molecule has 0 radical (unpaired) electrons. The molecule has 0 aliphatic carbocycles. The quantitative estimate of drug-likeness (QED) is 0.555. The van der Waals surface area contributed by atoms with Gasteiger partial charge in [0.1, 0.15) is 9.86 Å². The van der Waals surface area contributed by atoms with E-state index in [0.717, 1.165) is 21.9 Å². The van der Waals surface area contributed by atoms with Crippen molar-refractivity contribution in [2.24, 2.45) is 0 Å². The van der Waals surface area contributed by atoms with Crippen LogP contribution in [0.3, 0.4) is 0 Å². The number of hydrogen-bond acceptors (Lipinski definition) is 6. The van der Waals surface area contributed by atoms with Crippen LogP contribution in [0.25, 0.3) is 27.3 Å². The van der Waals surface area contributed by atoms with E-state index in [2.05, 4.69) is 15.2 Å². The first kappa shape index (κ1) is 16.5. The molecule has 0 atom stereocenters. The summed E-state index contributed by atoms with van der Waals surface area (Å²) in [5, 5.41) is 15.5. The van der Waals surface area contributed by atoms with Gasteiger partial charge < -0.3 is 5.11 Å². The molecule has 10 heteroatoms. The van der Waals surface area contributed by atoms with Gasteiger partial charge in [-0.3, -0.25) is 9.50 Å². The lowest BCUT2D eigenvalue weighted by molar-refractivity contribution is 0.0691. The predicted octanol–water partition coefficient (Wildman–Crippen LogP) is 2.55. The number of aromatic nitrogens is 4. The Bertz CT molecular complexity index is 1250. The van der Waals surface area contributed by atoms with Crippen molar-refractivity contribution in [2.45, 2.75) is 4.21 Å². The average Bonchev–Trinajstić information content (AvgIpc) is 3.31. The Balaban J connectivity index is 1.87. The maximum absolute atomic E-state index is 11.7. The van der Waals surface area contributed by atoms with E-state index < -0.39 is 15.8 Å². The van der Waals surface area contributed by atoms with E-state index >= 15 is 0 Å². The fraction of sp³-hybridized carbons (Fsp3) is 0.0625. The first-order valence-corrected chi connectivity index (χ1v) is 10.1. The number of nitrogens with zero attached hydrogens (tertiary/aromatic N) is 3. The number of carboxylic acid groups (broad SMARTS) is 1. The van der Waals surface area contributed by atoms with E-state index in [-0.39, 0.29) is 9.90 Å². The smallest absolute Gasteiger partial charge is 0.354 e. The number of carboxylic acids is 1. The summed E-state index contributed by atoms with van der Waals surface area (Å²) in [6.45, 7) is 0. The predicted molar refractivity (Wildman–Crippen MR) is 96.2 cm³/mol. The molecule has 0 bridgehead atoms. The first-order valence-electron chi connectivity index (χ1n) is 7.39. The molecular weight excluding hydrogens is 376 g/mol. The molecule has 0 amide bonds. The van der Waals surface area contributed by atoms with Gasteiger partial charge in [0.15, 0.2) is 15.5 Å². The SMILES string of the molecule is CS(=O)(=O)c1ccc(-c2cnc3ccc(-c4cn[nH]c4C(=O)O)cn23)s1. The number of rotatable bonds is 4. The maximum atomic E-state index is 11.7. The van der Waals surface area contributed by atoms with E-state index in [1.807, 2.05) is 0 Å². The third-order valence-corrected chi connectivity index (χ3v) is 6.80. The van der Waals surface area contributed by atoms with Crippen LogP contribution >= 0.6 is 11.3 Å². The highest BCUT2D eigenvalue weighted by atomic mass is 32.2. The van der Waals surface area contributed by atoms with Gasteiger partial charge in [-0.25, -0.2) is 18.2 Å². The van der Waals surface area contributed by atoms with E-state index in [4.69, 9.17) is 0 Å². The maximum Gasteiger partial charge on any atom is 0.354 e. The van der Waals surface area contributed by atoms with Crippen molar-refractivity contribution < 1.29 is 18.3 Å². The second kappa shape index (κ2) is 5.78. The molecule has 0 unspecified atom stereocenters. The third kappa shape index (κ3) is 2.68. The van der Waals surface area contributed by atoms with Gasteiger partial charge in [-0.2, -0.15) is 5.10 Å². The minimum absolute atomic E-state index is 0.00139. The molecule has 0 aliphatic rings. The van der Waals surface area contributed by atoms with E-state index in [9.17, 15) is 18.3 Å². The van der Waals surface area contributed by atoms with Gasteiger partial charge in [-0.05, 0) is 24.3 Å². The Hall–Kier alpha value is -2.98. The molecule has 0 saturated heterocycles. The van der Waals surface area contributed by atoms with Crippen molar-refractivity contribution in [1.82, 2.24) is 19.6 Å². The van der Waals surface area contributed by atoms with Crippen molar-refractivity contribution in [3.8, 4) is 21.7 Å². The van der Waals surface area contributed by atoms with Gasteiger partial charge in [0.05, 0.1) is 23.0 Å². The van der Waals surface area contributed by atoms with E-state index in [1.54, 1.807) is 41.1 Å². The number of nitrogens with one attached hydrogen (secondary N) is 1. The average molecular weight is 388 g/mol. The number of fused-ring (bicyclic) bond motifs is 1. The molecule has 26 heavy (non-hydrogen) atoms. The lowest BCUT2D eigenvalue weighted by Gasteiger charge is -2.04. The van der Waals surface area contributed by atoms with Crippen LogP contribution in [0.5, 0.6) is 0 Å². The van der Waals surface area contributed by atoms with Gasteiger partial charge in [-0.1, -0.05) is 0 Å². The fourth-order valence-electron chi connectivity index (χ4n) is 2.65. The van der Waals surface area contributed by atoms with E-state index in [1.165, 1.54) is 12.5 Å². The van der Waals surface area contributed by atoms with Gasteiger partial charge >= 0.3 is 5.97 Å². The van der Waals surface area contributed by atoms with Crippen LogP contribution in [-0.2, 0) is 9.84 Å². The first-order chi connectivity index (χ1) is 12.3. The molecule has 0 fully saturated rings. The van der Waals surface area contributed by atoms with Crippen LogP contribution in [0.4, 0.5) is 0 Å².